The van der Waals surface area contributed by atoms with Crippen LogP contribution in [0.25, 0.3) is 11.4 Å². The second-order valence-corrected chi connectivity index (χ2v) is 6.27. The first-order valence-electron chi connectivity index (χ1n) is 8.30. The number of aryl methyl sites for hydroxylation is 1. The molecule has 0 unspecified atom stereocenters. The zero-order chi connectivity index (χ0) is 20.1. The predicted octanol–water partition coefficient (Wildman–Crippen LogP) is 2.14. The number of aromatic nitrogens is 4. The highest BCUT2D eigenvalue weighted by Crippen LogP contribution is 2.21. The Morgan fingerprint density at radius 1 is 1.32 bits per heavy atom. The van der Waals surface area contributed by atoms with Gasteiger partial charge in [-0.2, -0.15) is 5.10 Å². The minimum atomic E-state index is 0.161. The van der Waals surface area contributed by atoms with Gasteiger partial charge in [0.2, 0.25) is 5.95 Å². The van der Waals surface area contributed by atoms with Gasteiger partial charge in [-0.05, 0) is 42.5 Å². The van der Waals surface area contributed by atoms with E-state index < -0.39 is 0 Å². The number of hydrogen-bond donors (Lipinski definition) is 2. The van der Waals surface area contributed by atoms with Crippen molar-refractivity contribution in [3.8, 4) is 17.1 Å². The fourth-order valence-corrected chi connectivity index (χ4v) is 2.38. The van der Waals surface area contributed by atoms with Gasteiger partial charge in [0.05, 0.1) is 42.9 Å². The van der Waals surface area contributed by atoms with Crippen molar-refractivity contribution in [3.63, 3.8) is 0 Å². The van der Waals surface area contributed by atoms with Crippen LogP contribution in [0.5, 0.6) is 5.75 Å². The lowest BCUT2D eigenvalue weighted by Gasteiger charge is -2.11. The van der Waals surface area contributed by atoms with E-state index >= 15 is 0 Å². The molecule has 3 N–H and O–H groups in total. The molecule has 0 saturated carbocycles. The van der Waals surface area contributed by atoms with Crippen LogP contribution in [0.3, 0.4) is 0 Å². The number of ether oxygens (including phenoxy) is 1. The first kappa shape index (κ1) is 19.2. The van der Waals surface area contributed by atoms with Crippen molar-refractivity contribution >= 4 is 35.2 Å². The van der Waals surface area contributed by atoms with E-state index in [0.717, 1.165) is 17.1 Å². The zero-order valence-corrected chi connectivity index (χ0v) is 16.5. The van der Waals surface area contributed by atoms with Crippen molar-refractivity contribution in [3.05, 3.63) is 48.5 Å². The summed E-state index contributed by atoms with van der Waals surface area (Å²) in [6.07, 6.45) is 5.02. The SMILES string of the molecule is COc1ccc(Nc2nc(C=NN(C)C(N)=S)cc(-c3cncn3C)n2)cc1. The summed E-state index contributed by atoms with van der Waals surface area (Å²) in [6.45, 7) is 0. The Labute approximate surface area is 167 Å². The van der Waals surface area contributed by atoms with Crippen LogP contribution < -0.4 is 15.8 Å². The highest BCUT2D eigenvalue weighted by molar-refractivity contribution is 7.80. The Morgan fingerprint density at radius 2 is 2.07 bits per heavy atom. The molecule has 0 aliphatic heterocycles. The molecule has 0 saturated heterocycles. The molecule has 0 atom stereocenters. The third-order valence-corrected chi connectivity index (χ3v) is 4.12. The number of benzene rings is 1. The second kappa shape index (κ2) is 8.44. The quantitative estimate of drug-likeness (QED) is 0.371. The van der Waals surface area contributed by atoms with Crippen LogP contribution in [-0.4, -0.2) is 50.0 Å². The van der Waals surface area contributed by atoms with Crippen molar-refractivity contribution in [1.29, 1.82) is 0 Å². The molecule has 3 aromatic rings. The molecule has 2 heterocycles. The topological polar surface area (TPSA) is 106 Å². The summed E-state index contributed by atoms with van der Waals surface area (Å²) in [5.74, 6) is 1.19. The van der Waals surface area contributed by atoms with Crippen LogP contribution in [0.2, 0.25) is 0 Å². The zero-order valence-electron chi connectivity index (χ0n) is 15.7. The number of nitrogens with one attached hydrogen (secondary N) is 1. The fourth-order valence-electron chi connectivity index (χ4n) is 2.33. The minimum Gasteiger partial charge on any atom is -0.497 e. The van der Waals surface area contributed by atoms with Gasteiger partial charge in [0.25, 0.3) is 0 Å². The monoisotopic (exact) mass is 396 g/mol. The average Bonchev–Trinajstić information content (AvgIpc) is 3.12. The minimum absolute atomic E-state index is 0.161. The number of imidazole rings is 1. The molecular weight excluding hydrogens is 376 g/mol. The van der Waals surface area contributed by atoms with E-state index in [-0.39, 0.29) is 5.11 Å². The number of nitrogens with zero attached hydrogens (tertiary/aromatic N) is 6. The van der Waals surface area contributed by atoms with Crippen molar-refractivity contribution in [2.45, 2.75) is 0 Å². The van der Waals surface area contributed by atoms with Gasteiger partial charge >= 0.3 is 0 Å². The molecule has 2 aromatic heterocycles. The lowest BCUT2D eigenvalue weighted by atomic mass is 10.2. The maximum Gasteiger partial charge on any atom is 0.228 e. The molecule has 0 spiro atoms. The van der Waals surface area contributed by atoms with Gasteiger partial charge in [0, 0.05) is 19.8 Å². The van der Waals surface area contributed by atoms with E-state index in [1.54, 1.807) is 32.9 Å². The highest BCUT2D eigenvalue weighted by Gasteiger charge is 2.10. The fraction of sp³-hybridized carbons (Fsp3) is 0.167. The van der Waals surface area contributed by atoms with Crippen molar-refractivity contribution in [2.24, 2.45) is 17.9 Å². The number of thiocarbonyl (C=S) groups is 1. The number of rotatable bonds is 6. The molecule has 28 heavy (non-hydrogen) atoms. The van der Waals surface area contributed by atoms with Gasteiger partial charge in [-0.25, -0.2) is 20.0 Å². The molecule has 0 bridgehead atoms. The van der Waals surface area contributed by atoms with Gasteiger partial charge in [0.15, 0.2) is 5.11 Å². The normalized spacial score (nSPS) is 10.8. The summed E-state index contributed by atoms with van der Waals surface area (Å²) < 4.78 is 7.06. The summed E-state index contributed by atoms with van der Waals surface area (Å²) in [5, 5.41) is 8.94. The molecule has 3 rings (SSSR count). The first-order valence-corrected chi connectivity index (χ1v) is 8.71. The van der Waals surface area contributed by atoms with Crippen LogP contribution in [-0.2, 0) is 7.05 Å². The molecular formula is C18H20N8OS. The van der Waals surface area contributed by atoms with Crippen molar-refractivity contribution in [2.75, 3.05) is 19.5 Å². The summed E-state index contributed by atoms with van der Waals surface area (Å²) >= 11 is 4.90. The third kappa shape index (κ3) is 4.60. The van der Waals surface area contributed by atoms with Gasteiger partial charge in [0.1, 0.15) is 5.75 Å². The van der Waals surface area contributed by atoms with E-state index in [1.165, 1.54) is 5.01 Å². The maximum atomic E-state index is 5.56. The summed E-state index contributed by atoms with van der Waals surface area (Å²) in [5.41, 5.74) is 8.52. The van der Waals surface area contributed by atoms with Crippen molar-refractivity contribution in [1.82, 2.24) is 24.5 Å². The van der Waals surface area contributed by atoms with Crippen LogP contribution in [0, 0.1) is 0 Å². The predicted molar refractivity (Wildman–Crippen MR) is 113 cm³/mol. The van der Waals surface area contributed by atoms with Gasteiger partial charge < -0.3 is 20.4 Å². The molecule has 0 aliphatic carbocycles. The molecule has 0 amide bonds. The standard InChI is InChI=1S/C18H20N8OS/c1-25-11-20-10-16(25)15-8-13(9-21-26(2)17(19)28)23-18(24-15)22-12-4-6-14(27-3)7-5-12/h4-11H,1-3H3,(H2,19,28)(H,22,23,24). The maximum absolute atomic E-state index is 5.56. The number of anilines is 2. The van der Waals surface area contributed by atoms with E-state index in [2.05, 4.69) is 25.4 Å². The molecule has 144 valence electrons. The molecule has 0 fully saturated rings. The Kier molecular flexibility index (Phi) is 5.80. The number of nitrogens with two attached hydrogens (primary N) is 1. The smallest absolute Gasteiger partial charge is 0.228 e. The van der Waals surface area contributed by atoms with E-state index in [4.69, 9.17) is 22.7 Å². The number of hydrazone groups is 1. The average molecular weight is 396 g/mol. The van der Waals surface area contributed by atoms with E-state index in [0.29, 0.717) is 17.3 Å². The molecule has 10 heteroatoms. The lowest BCUT2D eigenvalue weighted by molar-refractivity contribution is 0.415. The first-order chi connectivity index (χ1) is 13.5. The van der Waals surface area contributed by atoms with E-state index in [9.17, 15) is 0 Å². The third-order valence-electron chi connectivity index (χ3n) is 3.85. The highest BCUT2D eigenvalue weighted by atomic mass is 32.1. The molecule has 1 aromatic carbocycles. The molecule has 0 radical (unpaired) electrons. The largest absolute Gasteiger partial charge is 0.497 e. The van der Waals surface area contributed by atoms with Crippen LogP contribution >= 0.6 is 12.2 Å². The van der Waals surface area contributed by atoms with E-state index in [1.807, 2.05) is 41.9 Å². The Bertz CT molecular complexity index is 999. The van der Waals surface area contributed by atoms with Gasteiger partial charge in [-0.15, -0.1) is 0 Å². The van der Waals surface area contributed by atoms with Crippen LogP contribution in [0.15, 0.2) is 48.0 Å². The summed E-state index contributed by atoms with van der Waals surface area (Å²) in [7, 11) is 5.19. The second-order valence-electron chi connectivity index (χ2n) is 5.85. The summed E-state index contributed by atoms with van der Waals surface area (Å²) in [6, 6.07) is 9.29. The van der Waals surface area contributed by atoms with Crippen LogP contribution in [0.4, 0.5) is 11.6 Å². The number of hydrogen-bond acceptors (Lipinski definition) is 7. The van der Waals surface area contributed by atoms with Gasteiger partial charge in [-0.3, -0.25) is 0 Å². The Hall–Kier alpha value is -3.53. The molecule has 9 nitrogen and oxygen atoms in total. The Morgan fingerprint density at radius 3 is 2.68 bits per heavy atom. The van der Waals surface area contributed by atoms with Crippen molar-refractivity contribution < 1.29 is 4.74 Å². The van der Waals surface area contributed by atoms with Crippen LogP contribution in [0.1, 0.15) is 5.69 Å². The Balaban J connectivity index is 1.96. The number of methoxy groups -OCH3 is 1. The molecule has 0 aliphatic rings. The van der Waals surface area contributed by atoms with Gasteiger partial charge in [-0.1, -0.05) is 0 Å². The lowest BCUT2D eigenvalue weighted by Crippen LogP contribution is -2.27. The summed E-state index contributed by atoms with van der Waals surface area (Å²) in [4.78, 5) is 13.2.